The number of esters is 1. The molecule has 0 aliphatic rings. The second-order valence-corrected chi connectivity index (χ2v) is 14.9. The quantitative estimate of drug-likeness (QED) is 0.0273. The van der Waals surface area contributed by atoms with Crippen LogP contribution in [0.3, 0.4) is 0 Å². The van der Waals surface area contributed by atoms with Crippen molar-refractivity contribution in [2.24, 2.45) is 5.73 Å². The Kier molecular flexibility index (Phi) is 41.1. The van der Waals surface area contributed by atoms with Crippen LogP contribution in [0.5, 0.6) is 0 Å². The van der Waals surface area contributed by atoms with Crippen molar-refractivity contribution < 1.29 is 32.8 Å². The number of phosphoric acid groups is 1. The molecule has 318 valence electrons. The summed E-state index contributed by atoms with van der Waals surface area (Å²) in [7, 11) is -4.30. The Balaban J connectivity index is 4.14. The van der Waals surface area contributed by atoms with Crippen molar-refractivity contribution in [1.29, 1.82) is 0 Å². The lowest BCUT2D eigenvalue weighted by molar-refractivity contribution is -0.154. The molecule has 56 heavy (non-hydrogen) atoms. The number of hydrogen-bond acceptors (Lipinski definition) is 7. The molecule has 0 aromatic rings. The minimum atomic E-state index is -4.30. The van der Waals surface area contributed by atoms with Crippen LogP contribution in [0.15, 0.2) is 109 Å². The van der Waals surface area contributed by atoms with E-state index >= 15 is 0 Å². The number of unbranched alkanes of at least 4 members (excludes halogenated alkanes) is 8. The fraction of sp³-hybridized carbons (Fsp3) is 0.596. The van der Waals surface area contributed by atoms with Crippen LogP contribution in [0.25, 0.3) is 0 Å². The molecule has 8 nitrogen and oxygen atoms in total. The molecule has 0 bridgehead atoms. The number of phosphoric ester groups is 1. The van der Waals surface area contributed by atoms with Gasteiger partial charge >= 0.3 is 13.8 Å². The van der Waals surface area contributed by atoms with E-state index in [9.17, 15) is 14.3 Å². The third-order valence-electron chi connectivity index (χ3n) is 8.19. The normalized spacial score (nSPS) is 14.6. The van der Waals surface area contributed by atoms with Crippen molar-refractivity contribution in [3.8, 4) is 0 Å². The van der Waals surface area contributed by atoms with Crippen LogP contribution in [-0.4, -0.2) is 49.9 Å². The topological polar surface area (TPSA) is 117 Å². The van der Waals surface area contributed by atoms with Gasteiger partial charge in [0.2, 0.25) is 0 Å². The van der Waals surface area contributed by atoms with Gasteiger partial charge in [-0.2, -0.15) is 0 Å². The molecule has 0 aliphatic carbocycles. The maximum Gasteiger partial charge on any atom is 0.472 e. The Morgan fingerprint density at radius 2 is 0.946 bits per heavy atom. The summed E-state index contributed by atoms with van der Waals surface area (Å²) in [6, 6.07) is 0. The van der Waals surface area contributed by atoms with Crippen molar-refractivity contribution in [2.75, 3.05) is 33.0 Å². The average molecular weight is 800 g/mol. The molecule has 0 saturated carbocycles. The summed E-state index contributed by atoms with van der Waals surface area (Å²) in [5.74, 6) is -0.366. The minimum Gasteiger partial charge on any atom is -0.457 e. The molecule has 3 N–H and O–H groups in total. The zero-order valence-electron chi connectivity index (χ0n) is 35.1. The monoisotopic (exact) mass is 800 g/mol. The molecular weight excluding hydrogens is 721 g/mol. The number of rotatable bonds is 39. The first kappa shape index (κ1) is 53.2. The van der Waals surface area contributed by atoms with Crippen LogP contribution < -0.4 is 5.73 Å². The van der Waals surface area contributed by atoms with E-state index in [2.05, 4.69) is 123 Å². The SMILES string of the molecule is CC/C=C\C/C=C\C/C=C\C/C=C\C/C=C\CCCCCCCCCC(=O)OC(COCCC/C=C\C/C=C\C/C=C\C/C=C\CC)COP(=O)(O)OCCN. The fourth-order valence-electron chi connectivity index (χ4n) is 5.14. The molecule has 0 amide bonds. The van der Waals surface area contributed by atoms with Gasteiger partial charge in [-0.3, -0.25) is 13.8 Å². The molecule has 0 rings (SSSR count). The van der Waals surface area contributed by atoms with E-state index in [0.29, 0.717) is 6.61 Å². The van der Waals surface area contributed by atoms with E-state index in [1.807, 2.05) is 0 Å². The van der Waals surface area contributed by atoms with Crippen molar-refractivity contribution in [3.63, 3.8) is 0 Å². The molecule has 0 aromatic heterocycles. The van der Waals surface area contributed by atoms with Gasteiger partial charge in [0.15, 0.2) is 0 Å². The first-order valence-corrected chi connectivity index (χ1v) is 22.9. The Morgan fingerprint density at radius 1 is 0.536 bits per heavy atom. The maximum atomic E-state index is 12.6. The van der Waals surface area contributed by atoms with Crippen LogP contribution in [0.1, 0.15) is 142 Å². The zero-order valence-corrected chi connectivity index (χ0v) is 36.0. The van der Waals surface area contributed by atoms with E-state index in [4.69, 9.17) is 24.3 Å². The number of ether oxygens (including phenoxy) is 2. The number of hydrogen-bond donors (Lipinski definition) is 2. The van der Waals surface area contributed by atoms with E-state index in [1.54, 1.807) is 0 Å². The Morgan fingerprint density at radius 3 is 1.41 bits per heavy atom. The number of allylic oxidation sites excluding steroid dienone is 18. The highest BCUT2D eigenvalue weighted by molar-refractivity contribution is 7.47. The highest BCUT2D eigenvalue weighted by atomic mass is 31.2. The molecule has 0 aliphatic heterocycles. The molecule has 2 unspecified atom stereocenters. The van der Waals surface area contributed by atoms with Crippen molar-refractivity contribution in [2.45, 2.75) is 148 Å². The van der Waals surface area contributed by atoms with Gasteiger partial charge in [0, 0.05) is 19.6 Å². The summed E-state index contributed by atoms with van der Waals surface area (Å²) < 4.78 is 33.3. The fourth-order valence-corrected chi connectivity index (χ4v) is 5.91. The Hall–Kier alpha value is -2.84. The molecule has 2 atom stereocenters. The van der Waals surface area contributed by atoms with Gasteiger partial charge < -0.3 is 20.1 Å². The minimum absolute atomic E-state index is 0.0659. The van der Waals surface area contributed by atoms with E-state index < -0.39 is 13.9 Å². The molecular formula is C47H78NO7P. The average Bonchev–Trinajstić information content (AvgIpc) is 3.19. The third kappa shape index (κ3) is 42.3. The van der Waals surface area contributed by atoms with Crippen LogP contribution in [-0.2, 0) is 27.9 Å². The highest BCUT2D eigenvalue weighted by Gasteiger charge is 2.25. The molecule has 0 radical (unpaired) electrons. The number of nitrogens with two attached hydrogens (primary N) is 1. The summed E-state index contributed by atoms with van der Waals surface area (Å²) in [5, 5.41) is 0. The summed E-state index contributed by atoms with van der Waals surface area (Å²) >= 11 is 0. The Labute approximate surface area is 342 Å². The van der Waals surface area contributed by atoms with E-state index in [1.165, 1.54) is 19.3 Å². The van der Waals surface area contributed by atoms with Gasteiger partial charge in [0.05, 0.1) is 19.8 Å². The molecule has 9 heteroatoms. The molecule has 0 fully saturated rings. The lowest BCUT2D eigenvalue weighted by Crippen LogP contribution is -2.28. The molecule has 0 aromatic carbocycles. The van der Waals surface area contributed by atoms with Crippen molar-refractivity contribution in [1.82, 2.24) is 0 Å². The van der Waals surface area contributed by atoms with Crippen molar-refractivity contribution in [3.05, 3.63) is 109 Å². The van der Waals surface area contributed by atoms with E-state index in [0.717, 1.165) is 103 Å². The van der Waals surface area contributed by atoms with Gasteiger partial charge in [-0.15, -0.1) is 0 Å². The predicted octanol–water partition coefficient (Wildman–Crippen LogP) is 12.9. The summed E-state index contributed by atoms with van der Waals surface area (Å²) in [4.78, 5) is 22.5. The second-order valence-electron chi connectivity index (χ2n) is 13.4. The first-order chi connectivity index (χ1) is 27.4. The zero-order chi connectivity index (χ0) is 40.9. The second kappa shape index (κ2) is 43.3. The van der Waals surface area contributed by atoms with Gasteiger partial charge in [-0.25, -0.2) is 4.57 Å². The molecule has 0 heterocycles. The lowest BCUT2D eigenvalue weighted by atomic mass is 10.1. The molecule has 0 spiro atoms. The smallest absolute Gasteiger partial charge is 0.457 e. The van der Waals surface area contributed by atoms with Gasteiger partial charge in [0.1, 0.15) is 6.10 Å². The van der Waals surface area contributed by atoms with Gasteiger partial charge in [-0.05, 0) is 89.9 Å². The number of carbonyl (C=O) groups excluding carboxylic acids is 1. The summed E-state index contributed by atoms with van der Waals surface area (Å²) in [6.07, 6.45) is 58.3. The van der Waals surface area contributed by atoms with Crippen LogP contribution in [0.2, 0.25) is 0 Å². The predicted molar refractivity (Wildman–Crippen MR) is 237 cm³/mol. The molecule has 0 saturated heterocycles. The standard InChI is InChI=1S/C47H78NO7P/c1-3-5-7-9-11-13-15-17-19-20-21-22-23-24-25-26-27-28-30-32-34-36-38-40-47(49)55-46(45-54-56(50,51)53-43-41-48)44-52-42-39-37-35-33-31-29-18-16-14-12-10-8-6-4-2/h5-8,11-14,17-19,21-22,24-25,29,33,35,46H,3-4,9-10,15-16,20,23,26-28,30-32,34,36-45,48H2,1-2H3,(H,50,51)/b7-5-,8-6-,13-11-,14-12-,19-17-,22-21-,25-24-,29-18-,35-33-. The summed E-state index contributed by atoms with van der Waals surface area (Å²) in [5.41, 5.74) is 5.36. The first-order valence-electron chi connectivity index (χ1n) is 21.4. The Bertz CT molecular complexity index is 1210. The summed E-state index contributed by atoms with van der Waals surface area (Å²) in [6.45, 7) is 4.49. The van der Waals surface area contributed by atoms with Gasteiger partial charge in [-0.1, -0.05) is 155 Å². The van der Waals surface area contributed by atoms with Gasteiger partial charge in [0.25, 0.3) is 0 Å². The highest BCUT2D eigenvalue weighted by Crippen LogP contribution is 2.43. The van der Waals surface area contributed by atoms with Crippen molar-refractivity contribution >= 4 is 13.8 Å². The number of carbonyl (C=O) groups is 1. The van der Waals surface area contributed by atoms with Crippen LogP contribution in [0.4, 0.5) is 0 Å². The maximum absolute atomic E-state index is 12.6. The van der Waals surface area contributed by atoms with E-state index in [-0.39, 0.29) is 38.8 Å². The largest absolute Gasteiger partial charge is 0.472 e. The third-order valence-corrected chi connectivity index (χ3v) is 9.17. The van der Waals surface area contributed by atoms with Crippen LogP contribution in [0, 0.1) is 0 Å². The lowest BCUT2D eigenvalue weighted by Gasteiger charge is -2.20. The van der Waals surface area contributed by atoms with Crippen LogP contribution >= 0.6 is 7.82 Å².